The number of thiocarbonyl (C=S) groups is 1. The molecule has 1 saturated heterocycles. The summed E-state index contributed by atoms with van der Waals surface area (Å²) in [6, 6.07) is 24.7. The van der Waals surface area contributed by atoms with Crippen LogP contribution in [0.1, 0.15) is 40.3 Å². The summed E-state index contributed by atoms with van der Waals surface area (Å²) in [6.07, 6.45) is 1.84. The molecule has 178 valence electrons. The second kappa shape index (κ2) is 9.84. The predicted molar refractivity (Wildman–Crippen MR) is 147 cm³/mol. The van der Waals surface area contributed by atoms with Gasteiger partial charge in [0, 0.05) is 28.6 Å². The van der Waals surface area contributed by atoms with Gasteiger partial charge in [0.15, 0.2) is 5.11 Å². The van der Waals surface area contributed by atoms with E-state index in [-0.39, 0.29) is 12.1 Å². The lowest BCUT2D eigenvalue weighted by Gasteiger charge is -2.28. The Morgan fingerprint density at radius 2 is 1.77 bits per heavy atom. The van der Waals surface area contributed by atoms with E-state index in [1.807, 2.05) is 36.5 Å². The molecular weight excluding hydrogens is 520 g/mol. The van der Waals surface area contributed by atoms with Crippen molar-refractivity contribution in [1.29, 1.82) is 0 Å². The summed E-state index contributed by atoms with van der Waals surface area (Å²) < 4.78 is 8.71. The van der Waals surface area contributed by atoms with Crippen LogP contribution in [-0.2, 0) is 6.54 Å². The van der Waals surface area contributed by atoms with Crippen LogP contribution in [0.25, 0.3) is 5.69 Å². The molecule has 0 radical (unpaired) electrons. The largest absolute Gasteiger partial charge is 0.497 e. The van der Waals surface area contributed by atoms with E-state index in [0.717, 1.165) is 26.7 Å². The SMILES string of the molecule is COc1ccc(CN2C(=S)N[C@@H](c3ccccn3)[C@@H]2c2cc(C)n(-c3ccccc3Br)c2C)cc1. The molecule has 35 heavy (non-hydrogen) atoms. The summed E-state index contributed by atoms with van der Waals surface area (Å²) >= 11 is 9.62. The van der Waals surface area contributed by atoms with E-state index in [1.54, 1.807) is 7.11 Å². The van der Waals surface area contributed by atoms with E-state index in [1.165, 1.54) is 22.5 Å². The first-order chi connectivity index (χ1) is 17.0. The van der Waals surface area contributed by atoms with E-state index in [9.17, 15) is 0 Å². The third kappa shape index (κ3) is 4.46. The van der Waals surface area contributed by atoms with Crippen LogP contribution in [0.15, 0.2) is 83.5 Å². The zero-order valence-electron chi connectivity index (χ0n) is 19.9. The fraction of sp³-hybridized carbons (Fsp3) is 0.214. The van der Waals surface area contributed by atoms with Gasteiger partial charge in [0.1, 0.15) is 5.75 Å². The number of rotatable bonds is 6. The van der Waals surface area contributed by atoms with Gasteiger partial charge in [-0.15, -0.1) is 0 Å². The van der Waals surface area contributed by atoms with E-state index >= 15 is 0 Å². The molecule has 0 spiro atoms. The molecule has 1 fully saturated rings. The fourth-order valence-corrected chi connectivity index (χ4v) is 5.70. The Balaban J connectivity index is 1.60. The van der Waals surface area contributed by atoms with Crippen LogP contribution in [0.3, 0.4) is 0 Å². The third-order valence-corrected chi connectivity index (χ3v) is 7.61. The average Bonchev–Trinajstić information content (AvgIpc) is 3.35. The van der Waals surface area contributed by atoms with Gasteiger partial charge >= 0.3 is 0 Å². The molecule has 0 saturated carbocycles. The second-order valence-electron chi connectivity index (χ2n) is 8.72. The van der Waals surface area contributed by atoms with Gasteiger partial charge in [0.05, 0.1) is 30.6 Å². The molecule has 2 aromatic carbocycles. The van der Waals surface area contributed by atoms with Gasteiger partial charge in [-0.3, -0.25) is 4.98 Å². The number of aryl methyl sites for hydroxylation is 1. The lowest BCUT2D eigenvalue weighted by molar-refractivity contribution is 0.310. The molecule has 3 heterocycles. The Kier molecular flexibility index (Phi) is 6.62. The van der Waals surface area contributed by atoms with Crippen LogP contribution >= 0.6 is 28.1 Å². The molecule has 0 amide bonds. The number of nitrogens with zero attached hydrogens (tertiary/aromatic N) is 3. The van der Waals surface area contributed by atoms with Gasteiger partial charge in [-0.1, -0.05) is 30.3 Å². The number of benzene rings is 2. The Morgan fingerprint density at radius 3 is 2.46 bits per heavy atom. The zero-order chi connectivity index (χ0) is 24.5. The highest BCUT2D eigenvalue weighted by atomic mass is 79.9. The van der Waals surface area contributed by atoms with Crippen molar-refractivity contribution in [1.82, 2.24) is 19.8 Å². The van der Waals surface area contributed by atoms with Crippen molar-refractivity contribution in [3.63, 3.8) is 0 Å². The van der Waals surface area contributed by atoms with E-state index in [0.29, 0.717) is 6.54 Å². The van der Waals surface area contributed by atoms with Gasteiger partial charge in [0.25, 0.3) is 0 Å². The highest BCUT2D eigenvalue weighted by molar-refractivity contribution is 9.10. The van der Waals surface area contributed by atoms with Crippen molar-refractivity contribution in [3.8, 4) is 11.4 Å². The van der Waals surface area contributed by atoms with Gasteiger partial charge in [-0.2, -0.15) is 0 Å². The molecule has 7 heteroatoms. The monoisotopic (exact) mass is 546 g/mol. The topological polar surface area (TPSA) is 42.3 Å². The van der Waals surface area contributed by atoms with Gasteiger partial charge in [-0.05, 0) is 95.6 Å². The summed E-state index contributed by atoms with van der Waals surface area (Å²) in [5.41, 5.74) is 6.86. The first-order valence-corrected chi connectivity index (χ1v) is 12.7. The Labute approximate surface area is 219 Å². The second-order valence-corrected chi connectivity index (χ2v) is 9.96. The smallest absolute Gasteiger partial charge is 0.170 e. The van der Waals surface area contributed by atoms with Crippen LogP contribution in [0, 0.1) is 13.8 Å². The summed E-state index contributed by atoms with van der Waals surface area (Å²) in [5.74, 6) is 0.843. The molecule has 1 aliphatic rings. The van der Waals surface area contributed by atoms with Crippen LogP contribution in [0.2, 0.25) is 0 Å². The van der Waals surface area contributed by atoms with E-state index < -0.39 is 0 Å². The number of hydrogen-bond acceptors (Lipinski definition) is 3. The molecule has 1 N–H and O–H groups in total. The minimum absolute atomic E-state index is 0.0121. The van der Waals surface area contributed by atoms with Crippen LogP contribution in [-0.4, -0.2) is 26.7 Å². The molecule has 2 aromatic heterocycles. The number of hydrogen-bond donors (Lipinski definition) is 1. The number of methoxy groups -OCH3 is 1. The standard InChI is InChI=1S/C28H27BrN4OS/c1-18-16-22(19(2)33(18)25-10-5-4-8-23(25)29)27-26(24-9-6-7-15-30-24)31-28(35)32(27)17-20-11-13-21(34-3)14-12-20/h4-16,26-27H,17H2,1-3H3,(H,31,35)/t26-,27-/m0/s1. The molecule has 0 aliphatic carbocycles. The fourth-order valence-electron chi connectivity index (χ4n) is 4.93. The first-order valence-electron chi connectivity index (χ1n) is 11.5. The van der Waals surface area contributed by atoms with Crippen molar-refractivity contribution in [3.05, 3.63) is 112 Å². The lowest BCUT2D eigenvalue weighted by Crippen LogP contribution is -2.29. The van der Waals surface area contributed by atoms with Crippen LogP contribution in [0.5, 0.6) is 5.75 Å². The number of nitrogens with one attached hydrogen (secondary N) is 1. The summed E-state index contributed by atoms with van der Waals surface area (Å²) in [7, 11) is 1.68. The molecule has 1 aliphatic heterocycles. The lowest BCUT2D eigenvalue weighted by atomic mass is 9.96. The average molecular weight is 548 g/mol. The van der Waals surface area contributed by atoms with Crippen molar-refractivity contribution >= 4 is 33.3 Å². The molecule has 2 atom stereocenters. The van der Waals surface area contributed by atoms with Crippen molar-refractivity contribution < 1.29 is 4.74 Å². The molecular formula is C28H27BrN4OS. The summed E-state index contributed by atoms with van der Waals surface area (Å²) in [6.45, 7) is 5.02. The molecule has 0 unspecified atom stereocenters. The van der Waals surface area contributed by atoms with Crippen LogP contribution < -0.4 is 10.1 Å². The van der Waals surface area contributed by atoms with E-state index in [2.05, 4.69) is 92.0 Å². The minimum Gasteiger partial charge on any atom is -0.497 e. The van der Waals surface area contributed by atoms with Crippen molar-refractivity contribution in [2.24, 2.45) is 0 Å². The molecule has 5 rings (SSSR count). The number of ether oxygens (including phenoxy) is 1. The minimum atomic E-state index is -0.0601. The summed E-state index contributed by atoms with van der Waals surface area (Å²) in [4.78, 5) is 6.97. The first kappa shape index (κ1) is 23.6. The maximum absolute atomic E-state index is 5.89. The maximum Gasteiger partial charge on any atom is 0.170 e. The quantitative estimate of drug-likeness (QED) is 0.282. The number of halogens is 1. The molecule has 4 aromatic rings. The third-order valence-electron chi connectivity index (χ3n) is 6.59. The van der Waals surface area contributed by atoms with Gasteiger partial charge in [0.2, 0.25) is 0 Å². The zero-order valence-corrected chi connectivity index (χ0v) is 22.3. The Hall–Kier alpha value is -3.16. The highest BCUT2D eigenvalue weighted by Crippen LogP contribution is 2.42. The number of aromatic nitrogens is 2. The maximum atomic E-state index is 5.89. The van der Waals surface area contributed by atoms with Gasteiger partial charge < -0.3 is 19.5 Å². The van der Waals surface area contributed by atoms with Crippen LogP contribution in [0.4, 0.5) is 0 Å². The van der Waals surface area contributed by atoms with Gasteiger partial charge in [-0.25, -0.2) is 0 Å². The van der Waals surface area contributed by atoms with Crippen molar-refractivity contribution in [2.45, 2.75) is 32.5 Å². The molecule has 0 bridgehead atoms. The number of pyridine rings is 1. The predicted octanol–water partition coefficient (Wildman–Crippen LogP) is 6.43. The van der Waals surface area contributed by atoms with E-state index in [4.69, 9.17) is 17.0 Å². The Morgan fingerprint density at radius 1 is 1.03 bits per heavy atom. The van der Waals surface area contributed by atoms with Crippen molar-refractivity contribution in [2.75, 3.05) is 7.11 Å². The summed E-state index contributed by atoms with van der Waals surface area (Å²) in [5, 5.41) is 4.30. The normalized spacial score (nSPS) is 17.5. The highest BCUT2D eigenvalue weighted by Gasteiger charge is 2.41. The Bertz CT molecular complexity index is 1350. The molecule has 5 nitrogen and oxygen atoms in total. The number of para-hydroxylation sites is 1.